The molecule has 0 aliphatic heterocycles. The molecule has 0 unspecified atom stereocenters. The van der Waals surface area contributed by atoms with Gasteiger partial charge in [-0.2, -0.15) is 0 Å². The molecular weight excluding hydrogens is 324 g/mol. The van der Waals surface area contributed by atoms with Crippen LogP contribution in [0, 0.1) is 0 Å². The number of amides is 1. The van der Waals surface area contributed by atoms with E-state index in [1.807, 2.05) is 30.3 Å². The van der Waals surface area contributed by atoms with Crippen LogP contribution in [0.25, 0.3) is 0 Å². The van der Waals surface area contributed by atoms with Gasteiger partial charge in [0.1, 0.15) is 11.7 Å². The average molecular weight is 337 g/mol. The largest absolute Gasteiger partial charge is 0.480 e. The molecule has 0 fully saturated rings. The zero-order valence-electron chi connectivity index (χ0n) is 10.5. The Labute approximate surface area is 124 Å². The van der Waals surface area contributed by atoms with Crippen molar-refractivity contribution >= 4 is 27.8 Å². The Bertz CT molecular complexity index is 610. The quantitative estimate of drug-likeness (QED) is 0.782. The molecule has 0 spiro atoms. The minimum atomic E-state index is -1.06. The van der Waals surface area contributed by atoms with Crippen molar-refractivity contribution in [2.24, 2.45) is 0 Å². The second-order valence-corrected chi connectivity index (χ2v) is 5.20. The number of hydrogen-bond acceptors (Lipinski definition) is 2. The average Bonchev–Trinajstić information content (AvgIpc) is 2.86. The van der Waals surface area contributed by atoms with Crippen LogP contribution < -0.4 is 5.32 Å². The number of carboxylic acids is 1. The smallest absolute Gasteiger partial charge is 0.326 e. The summed E-state index contributed by atoms with van der Waals surface area (Å²) in [4.78, 5) is 25.9. The molecule has 0 radical (unpaired) electrons. The van der Waals surface area contributed by atoms with E-state index in [1.165, 1.54) is 0 Å². The van der Waals surface area contributed by atoms with Crippen molar-refractivity contribution in [3.8, 4) is 0 Å². The van der Waals surface area contributed by atoms with Crippen LogP contribution in [0.3, 0.4) is 0 Å². The minimum Gasteiger partial charge on any atom is -0.480 e. The number of aromatic amines is 1. The summed E-state index contributed by atoms with van der Waals surface area (Å²) in [6, 6.07) is 9.80. The summed E-state index contributed by atoms with van der Waals surface area (Å²) in [6.07, 6.45) is 1.85. The van der Waals surface area contributed by atoms with Crippen LogP contribution in [0.2, 0.25) is 0 Å². The number of hydrogen-bond donors (Lipinski definition) is 3. The summed E-state index contributed by atoms with van der Waals surface area (Å²) in [7, 11) is 0. The van der Waals surface area contributed by atoms with Gasteiger partial charge in [-0.15, -0.1) is 0 Å². The van der Waals surface area contributed by atoms with Crippen molar-refractivity contribution in [2.75, 3.05) is 0 Å². The standard InChI is InChI=1S/C14H13BrN2O3/c15-10-7-11(16-8-10)13(18)17-12(14(19)20)6-9-4-2-1-3-5-9/h1-5,7-8,12,16H,6H2,(H,17,18)(H,19,20)/t12-/m1/s1. The van der Waals surface area contributed by atoms with E-state index in [9.17, 15) is 14.7 Å². The van der Waals surface area contributed by atoms with Crippen LogP contribution in [0.5, 0.6) is 0 Å². The van der Waals surface area contributed by atoms with Gasteiger partial charge in [0, 0.05) is 17.1 Å². The Balaban J connectivity index is 2.06. The Morgan fingerprint density at radius 2 is 2.00 bits per heavy atom. The fourth-order valence-electron chi connectivity index (χ4n) is 1.78. The van der Waals surface area contributed by atoms with Crippen molar-refractivity contribution in [1.29, 1.82) is 0 Å². The van der Waals surface area contributed by atoms with Gasteiger partial charge in [0.05, 0.1) is 0 Å². The monoisotopic (exact) mass is 336 g/mol. The van der Waals surface area contributed by atoms with Crippen molar-refractivity contribution in [3.63, 3.8) is 0 Å². The maximum absolute atomic E-state index is 11.9. The number of carboxylic acid groups (broad SMARTS) is 1. The van der Waals surface area contributed by atoms with E-state index in [4.69, 9.17) is 0 Å². The van der Waals surface area contributed by atoms with Crippen LogP contribution in [0.1, 0.15) is 16.1 Å². The summed E-state index contributed by atoms with van der Waals surface area (Å²) in [6.45, 7) is 0. The normalized spacial score (nSPS) is 11.8. The summed E-state index contributed by atoms with van der Waals surface area (Å²) in [5.41, 5.74) is 1.17. The van der Waals surface area contributed by atoms with Gasteiger partial charge in [-0.05, 0) is 27.6 Å². The lowest BCUT2D eigenvalue weighted by molar-refractivity contribution is -0.139. The molecule has 1 amide bonds. The molecule has 1 aromatic carbocycles. The Kier molecular flexibility index (Phi) is 4.57. The molecule has 0 saturated heterocycles. The molecule has 1 atom stereocenters. The number of benzene rings is 1. The van der Waals surface area contributed by atoms with E-state index in [-0.39, 0.29) is 6.42 Å². The first-order valence-corrected chi connectivity index (χ1v) is 6.77. The van der Waals surface area contributed by atoms with Crippen molar-refractivity contribution in [2.45, 2.75) is 12.5 Å². The third kappa shape index (κ3) is 3.71. The molecule has 104 valence electrons. The van der Waals surface area contributed by atoms with E-state index >= 15 is 0 Å². The highest BCUT2D eigenvalue weighted by Gasteiger charge is 2.21. The SMILES string of the molecule is O=C(N[C@H](Cc1ccccc1)C(=O)O)c1cc(Br)c[nH]1. The number of aliphatic carboxylic acids is 1. The highest BCUT2D eigenvalue weighted by Crippen LogP contribution is 2.11. The summed E-state index contributed by atoms with van der Waals surface area (Å²) < 4.78 is 0.734. The molecule has 1 heterocycles. The molecule has 0 aliphatic carbocycles. The van der Waals surface area contributed by atoms with Crippen LogP contribution in [-0.2, 0) is 11.2 Å². The van der Waals surface area contributed by atoms with Gasteiger partial charge in [-0.3, -0.25) is 4.79 Å². The van der Waals surface area contributed by atoms with Gasteiger partial charge in [-0.25, -0.2) is 4.79 Å². The van der Waals surface area contributed by atoms with Crippen molar-refractivity contribution in [3.05, 3.63) is 58.3 Å². The summed E-state index contributed by atoms with van der Waals surface area (Å²) >= 11 is 3.22. The first kappa shape index (κ1) is 14.3. The molecule has 5 nitrogen and oxygen atoms in total. The molecule has 2 aromatic rings. The van der Waals surface area contributed by atoms with E-state index in [2.05, 4.69) is 26.2 Å². The molecule has 1 aromatic heterocycles. The van der Waals surface area contributed by atoms with Crippen LogP contribution in [-0.4, -0.2) is 28.0 Å². The molecule has 2 rings (SSSR count). The Hall–Kier alpha value is -2.08. The second kappa shape index (κ2) is 6.38. The first-order chi connectivity index (χ1) is 9.56. The van der Waals surface area contributed by atoms with Gasteiger partial charge >= 0.3 is 5.97 Å². The second-order valence-electron chi connectivity index (χ2n) is 4.29. The van der Waals surface area contributed by atoms with E-state index in [1.54, 1.807) is 12.3 Å². The molecular formula is C14H13BrN2O3. The van der Waals surface area contributed by atoms with Gasteiger partial charge in [-0.1, -0.05) is 30.3 Å². The zero-order valence-corrected chi connectivity index (χ0v) is 12.1. The van der Waals surface area contributed by atoms with Crippen LogP contribution in [0.4, 0.5) is 0 Å². The number of nitrogens with one attached hydrogen (secondary N) is 2. The van der Waals surface area contributed by atoms with Crippen molar-refractivity contribution in [1.82, 2.24) is 10.3 Å². The van der Waals surface area contributed by atoms with Gasteiger partial charge < -0.3 is 15.4 Å². The molecule has 0 aliphatic rings. The lowest BCUT2D eigenvalue weighted by Crippen LogP contribution is -2.42. The molecule has 0 saturated carbocycles. The van der Waals surface area contributed by atoms with Crippen molar-refractivity contribution < 1.29 is 14.7 Å². The number of carbonyl (C=O) groups excluding carboxylic acids is 1. The number of halogens is 1. The minimum absolute atomic E-state index is 0.240. The van der Waals surface area contributed by atoms with Gasteiger partial charge in [0.25, 0.3) is 5.91 Å². The van der Waals surface area contributed by atoms with Gasteiger partial charge in [0.15, 0.2) is 0 Å². The molecule has 3 N–H and O–H groups in total. The lowest BCUT2D eigenvalue weighted by atomic mass is 10.1. The summed E-state index contributed by atoms with van der Waals surface area (Å²) in [5.74, 6) is -1.51. The van der Waals surface area contributed by atoms with Crippen LogP contribution >= 0.6 is 15.9 Å². The van der Waals surface area contributed by atoms with E-state index in [0.717, 1.165) is 10.0 Å². The third-order valence-electron chi connectivity index (χ3n) is 2.78. The highest BCUT2D eigenvalue weighted by atomic mass is 79.9. The fraction of sp³-hybridized carbons (Fsp3) is 0.143. The predicted octanol–water partition coefficient (Wildman–Crippen LogP) is 2.20. The third-order valence-corrected chi connectivity index (χ3v) is 3.24. The Morgan fingerprint density at radius 1 is 1.30 bits per heavy atom. The number of carbonyl (C=O) groups is 2. The number of aromatic nitrogens is 1. The Morgan fingerprint density at radius 3 is 2.55 bits per heavy atom. The predicted molar refractivity (Wildman–Crippen MR) is 77.5 cm³/mol. The first-order valence-electron chi connectivity index (χ1n) is 5.98. The molecule has 6 heteroatoms. The van der Waals surface area contributed by atoms with E-state index in [0.29, 0.717) is 5.69 Å². The highest BCUT2D eigenvalue weighted by molar-refractivity contribution is 9.10. The van der Waals surface area contributed by atoms with Crippen LogP contribution in [0.15, 0.2) is 47.1 Å². The number of H-pyrrole nitrogens is 1. The van der Waals surface area contributed by atoms with E-state index < -0.39 is 17.9 Å². The maximum atomic E-state index is 11.9. The zero-order chi connectivity index (χ0) is 14.5. The number of rotatable bonds is 5. The van der Waals surface area contributed by atoms with Gasteiger partial charge in [0.2, 0.25) is 0 Å². The summed E-state index contributed by atoms with van der Waals surface area (Å²) in [5, 5.41) is 11.7. The topological polar surface area (TPSA) is 82.2 Å². The molecule has 20 heavy (non-hydrogen) atoms. The fourth-order valence-corrected chi connectivity index (χ4v) is 2.13. The maximum Gasteiger partial charge on any atom is 0.326 e. The lowest BCUT2D eigenvalue weighted by Gasteiger charge is -2.14. The molecule has 0 bridgehead atoms.